The van der Waals surface area contributed by atoms with Crippen LogP contribution in [0.15, 0.2) is 30.5 Å². The molecular weight excluding hydrogens is 164 g/mol. The van der Waals surface area contributed by atoms with Gasteiger partial charge in [0.2, 0.25) is 0 Å². The van der Waals surface area contributed by atoms with Gasteiger partial charge in [0.05, 0.1) is 17.1 Å². The van der Waals surface area contributed by atoms with Crippen LogP contribution in [0.1, 0.15) is 5.69 Å². The molecule has 0 fully saturated rings. The molecule has 0 unspecified atom stereocenters. The van der Waals surface area contributed by atoms with Crippen molar-refractivity contribution >= 4 is 0 Å². The third-order valence-corrected chi connectivity index (χ3v) is 1.79. The third-order valence-electron chi connectivity index (χ3n) is 1.79. The Hall–Kier alpha value is -1.68. The molecule has 0 aliphatic rings. The van der Waals surface area contributed by atoms with Crippen LogP contribution in [0.25, 0.3) is 11.4 Å². The zero-order valence-electron chi connectivity index (χ0n) is 7.07. The zero-order chi connectivity index (χ0) is 9.10. The van der Waals surface area contributed by atoms with Crippen molar-refractivity contribution in [3.8, 4) is 11.4 Å². The van der Waals surface area contributed by atoms with Gasteiger partial charge in [0.1, 0.15) is 0 Å². The van der Waals surface area contributed by atoms with Gasteiger partial charge in [-0.1, -0.05) is 6.07 Å². The van der Waals surface area contributed by atoms with E-state index in [1.165, 1.54) is 0 Å². The first kappa shape index (κ1) is 7.94. The van der Waals surface area contributed by atoms with Gasteiger partial charge in [0, 0.05) is 12.7 Å². The highest BCUT2D eigenvalue weighted by Crippen LogP contribution is 2.12. The minimum Gasteiger partial charge on any atom is -0.325 e. The number of nitrogens with zero attached hydrogens (tertiary/aromatic N) is 2. The molecule has 0 aliphatic carbocycles. The van der Waals surface area contributed by atoms with Crippen LogP contribution in [-0.2, 0) is 6.54 Å². The summed E-state index contributed by atoms with van der Waals surface area (Å²) in [6.07, 6.45) is 1.70. The molecule has 0 spiro atoms. The summed E-state index contributed by atoms with van der Waals surface area (Å²) in [5.74, 6) is 0. The van der Waals surface area contributed by atoms with Crippen LogP contribution in [-0.4, -0.2) is 15.2 Å². The fraction of sp³-hybridized carbons (Fsp3) is 0.111. The quantitative estimate of drug-likeness (QED) is 0.711. The van der Waals surface area contributed by atoms with Gasteiger partial charge in [0.15, 0.2) is 0 Å². The Balaban J connectivity index is 2.41. The molecule has 2 aromatic heterocycles. The van der Waals surface area contributed by atoms with Crippen LogP contribution in [0, 0.1) is 0 Å². The SMILES string of the molecule is NCc1cccc(-c2ccn[nH]2)n1. The molecule has 0 aromatic carbocycles. The second-order valence-corrected chi connectivity index (χ2v) is 2.69. The highest BCUT2D eigenvalue weighted by atomic mass is 15.1. The summed E-state index contributed by atoms with van der Waals surface area (Å²) >= 11 is 0. The topological polar surface area (TPSA) is 67.6 Å². The number of pyridine rings is 1. The van der Waals surface area contributed by atoms with E-state index >= 15 is 0 Å². The Bertz CT molecular complexity index is 380. The Morgan fingerprint density at radius 2 is 2.23 bits per heavy atom. The lowest BCUT2D eigenvalue weighted by Crippen LogP contribution is -1.99. The summed E-state index contributed by atoms with van der Waals surface area (Å²) in [5.41, 5.74) is 8.15. The number of hydrogen-bond donors (Lipinski definition) is 2. The van der Waals surface area contributed by atoms with E-state index in [4.69, 9.17) is 5.73 Å². The van der Waals surface area contributed by atoms with Gasteiger partial charge in [-0.15, -0.1) is 0 Å². The second-order valence-electron chi connectivity index (χ2n) is 2.69. The smallest absolute Gasteiger partial charge is 0.0884 e. The summed E-state index contributed by atoms with van der Waals surface area (Å²) in [7, 11) is 0. The Labute approximate surface area is 75.8 Å². The number of rotatable bonds is 2. The van der Waals surface area contributed by atoms with Crippen LogP contribution in [0.5, 0.6) is 0 Å². The molecule has 0 aliphatic heterocycles. The standard InChI is InChI=1S/C9H10N4/c10-6-7-2-1-3-8(12-7)9-4-5-11-13-9/h1-5H,6,10H2,(H,11,13). The molecule has 0 radical (unpaired) electrons. The number of nitrogens with two attached hydrogens (primary N) is 1. The maximum Gasteiger partial charge on any atom is 0.0884 e. The molecule has 4 heteroatoms. The molecule has 0 saturated carbocycles. The lowest BCUT2D eigenvalue weighted by atomic mass is 10.2. The Morgan fingerprint density at radius 3 is 2.92 bits per heavy atom. The minimum absolute atomic E-state index is 0.460. The highest BCUT2D eigenvalue weighted by molar-refractivity contribution is 5.52. The van der Waals surface area contributed by atoms with Crippen molar-refractivity contribution in [2.75, 3.05) is 0 Å². The van der Waals surface area contributed by atoms with Gasteiger partial charge in [-0.25, -0.2) is 4.98 Å². The van der Waals surface area contributed by atoms with Crippen molar-refractivity contribution in [1.29, 1.82) is 0 Å². The van der Waals surface area contributed by atoms with Gasteiger partial charge in [-0.2, -0.15) is 5.10 Å². The van der Waals surface area contributed by atoms with Gasteiger partial charge in [-0.3, -0.25) is 5.10 Å². The van der Waals surface area contributed by atoms with Crippen molar-refractivity contribution in [3.05, 3.63) is 36.2 Å². The first-order valence-corrected chi connectivity index (χ1v) is 4.06. The van der Waals surface area contributed by atoms with Crippen LogP contribution < -0.4 is 5.73 Å². The molecule has 0 atom stereocenters. The lowest BCUT2D eigenvalue weighted by Gasteiger charge is -1.99. The normalized spacial score (nSPS) is 10.2. The fourth-order valence-electron chi connectivity index (χ4n) is 1.14. The van der Waals surface area contributed by atoms with Crippen molar-refractivity contribution in [2.45, 2.75) is 6.54 Å². The molecule has 2 rings (SSSR count). The van der Waals surface area contributed by atoms with Gasteiger partial charge in [-0.05, 0) is 18.2 Å². The van der Waals surface area contributed by atoms with Crippen LogP contribution in [0.2, 0.25) is 0 Å². The molecule has 3 N–H and O–H groups in total. The van der Waals surface area contributed by atoms with E-state index in [0.29, 0.717) is 6.54 Å². The molecule has 66 valence electrons. The van der Waals surface area contributed by atoms with E-state index in [9.17, 15) is 0 Å². The first-order valence-electron chi connectivity index (χ1n) is 4.06. The zero-order valence-corrected chi connectivity index (χ0v) is 7.07. The lowest BCUT2D eigenvalue weighted by molar-refractivity contribution is 0.987. The predicted octanol–water partition coefficient (Wildman–Crippen LogP) is 0.930. The van der Waals surface area contributed by atoms with Crippen molar-refractivity contribution in [1.82, 2.24) is 15.2 Å². The van der Waals surface area contributed by atoms with E-state index in [-0.39, 0.29) is 0 Å². The average molecular weight is 174 g/mol. The summed E-state index contributed by atoms with van der Waals surface area (Å²) in [5, 5.41) is 6.71. The van der Waals surface area contributed by atoms with E-state index in [2.05, 4.69) is 15.2 Å². The minimum atomic E-state index is 0.460. The van der Waals surface area contributed by atoms with Gasteiger partial charge >= 0.3 is 0 Å². The van der Waals surface area contributed by atoms with Gasteiger partial charge in [0.25, 0.3) is 0 Å². The molecule has 13 heavy (non-hydrogen) atoms. The molecular formula is C9H10N4. The predicted molar refractivity (Wildman–Crippen MR) is 49.7 cm³/mol. The second kappa shape index (κ2) is 3.37. The molecule has 0 bridgehead atoms. The summed E-state index contributed by atoms with van der Waals surface area (Å²) in [6.45, 7) is 0.460. The number of hydrogen-bond acceptors (Lipinski definition) is 3. The van der Waals surface area contributed by atoms with E-state index in [1.54, 1.807) is 6.20 Å². The van der Waals surface area contributed by atoms with Crippen molar-refractivity contribution < 1.29 is 0 Å². The Morgan fingerprint density at radius 1 is 1.31 bits per heavy atom. The number of aromatic nitrogens is 3. The largest absolute Gasteiger partial charge is 0.325 e. The van der Waals surface area contributed by atoms with Gasteiger partial charge < -0.3 is 5.73 Å². The number of aromatic amines is 1. The van der Waals surface area contributed by atoms with Crippen molar-refractivity contribution in [2.24, 2.45) is 5.73 Å². The molecule has 4 nitrogen and oxygen atoms in total. The summed E-state index contributed by atoms with van der Waals surface area (Å²) in [4.78, 5) is 4.34. The molecule has 2 heterocycles. The van der Waals surface area contributed by atoms with E-state index < -0.39 is 0 Å². The van der Waals surface area contributed by atoms with Crippen LogP contribution in [0.4, 0.5) is 0 Å². The Kier molecular flexibility index (Phi) is 2.06. The molecule has 0 saturated heterocycles. The summed E-state index contributed by atoms with van der Waals surface area (Å²) < 4.78 is 0. The number of nitrogens with one attached hydrogen (secondary N) is 1. The number of H-pyrrole nitrogens is 1. The van der Waals surface area contributed by atoms with Crippen molar-refractivity contribution in [3.63, 3.8) is 0 Å². The van der Waals surface area contributed by atoms with E-state index in [1.807, 2.05) is 24.3 Å². The molecule has 2 aromatic rings. The van der Waals surface area contributed by atoms with E-state index in [0.717, 1.165) is 17.1 Å². The monoisotopic (exact) mass is 174 g/mol. The first-order chi connectivity index (χ1) is 6.40. The highest BCUT2D eigenvalue weighted by Gasteiger charge is 1.99. The van der Waals surface area contributed by atoms with Crippen LogP contribution in [0.3, 0.4) is 0 Å². The third kappa shape index (κ3) is 1.57. The maximum absolute atomic E-state index is 5.48. The summed E-state index contributed by atoms with van der Waals surface area (Å²) in [6, 6.07) is 7.64. The fourth-order valence-corrected chi connectivity index (χ4v) is 1.14. The maximum atomic E-state index is 5.48. The van der Waals surface area contributed by atoms with Crippen LogP contribution >= 0.6 is 0 Å². The average Bonchev–Trinajstić information content (AvgIpc) is 2.71. The molecule has 0 amide bonds.